The van der Waals surface area contributed by atoms with Gasteiger partial charge >= 0.3 is 0 Å². The third-order valence-corrected chi connectivity index (χ3v) is 3.40. The Labute approximate surface area is 116 Å². The van der Waals surface area contributed by atoms with Crippen LogP contribution in [0.4, 0.5) is 0 Å². The molecule has 0 unspecified atom stereocenters. The smallest absolute Gasteiger partial charge is 0.264 e. The van der Waals surface area contributed by atoms with Crippen molar-refractivity contribution in [3.8, 4) is 0 Å². The van der Waals surface area contributed by atoms with Crippen LogP contribution in [0.15, 0.2) is 58.7 Å². The predicted molar refractivity (Wildman–Crippen MR) is 81.1 cm³/mol. The van der Waals surface area contributed by atoms with Crippen molar-refractivity contribution in [2.75, 3.05) is 5.75 Å². The first-order valence-electron chi connectivity index (χ1n) is 5.85. The minimum Gasteiger partial charge on any atom is -0.268 e. The van der Waals surface area contributed by atoms with Gasteiger partial charge < -0.3 is 0 Å². The summed E-state index contributed by atoms with van der Waals surface area (Å²) < 4.78 is 0. The van der Waals surface area contributed by atoms with Crippen molar-refractivity contribution in [3.05, 3.63) is 70.7 Å². The van der Waals surface area contributed by atoms with Gasteiger partial charge in [-0.25, -0.2) is 5.10 Å². The molecule has 4 heteroatoms. The summed E-state index contributed by atoms with van der Waals surface area (Å²) in [5.74, 6) is 0.913. The van der Waals surface area contributed by atoms with Gasteiger partial charge in [0.2, 0.25) is 0 Å². The number of hydrogen-bond acceptors (Lipinski definition) is 3. The van der Waals surface area contributed by atoms with E-state index in [1.165, 1.54) is 11.0 Å². The van der Waals surface area contributed by atoms with Crippen LogP contribution in [-0.4, -0.2) is 16.0 Å². The van der Waals surface area contributed by atoms with E-state index >= 15 is 0 Å². The van der Waals surface area contributed by atoms with Crippen molar-refractivity contribution in [2.45, 2.75) is 4.90 Å². The van der Waals surface area contributed by atoms with Crippen molar-refractivity contribution in [2.24, 2.45) is 0 Å². The predicted octanol–water partition coefficient (Wildman–Crippen LogP) is 3.22. The summed E-state index contributed by atoms with van der Waals surface area (Å²) in [4.78, 5) is 12.1. The number of hydrogen-bond donors (Lipinski definition) is 1. The topological polar surface area (TPSA) is 45.8 Å². The second kappa shape index (κ2) is 6.75. The lowest BCUT2D eigenvalue weighted by Gasteiger charge is -1.99. The monoisotopic (exact) mass is 270 g/mol. The van der Waals surface area contributed by atoms with E-state index < -0.39 is 0 Å². The van der Waals surface area contributed by atoms with Gasteiger partial charge in [-0.15, -0.1) is 18.3 Å². The van der Waals surface area contributed by atoms with Gasteiger partial charge in [-0.1, -0.05) is 24.3 Å². The zero-order valence-corrected chi connectivity index (χ0v) is 11.2. The molecule has 0 radical (unpaired) electrons. The van der Waals surface area contributed by atoms with Gasteiger partial charge in [0, 0.05) is 16.7 Å². The quantitative estimate of drug-likeness (QED) is 0.670. The number of thioether (sulfide) groups is 1. The number of aromatic nitrogens is 2. The van der Waals surface area contributed by atoms with Crippen LogP contribution in [0.3, 0.4) is 0 Å². The SMILES string of the molecule is C=CCSc1ccc(C=Cc2ccc(=O)[nH]n2)cc1. The molecule has 19 heavy (non-hydrogen) atoms. The van der Waals surface area contributed by atoms with Gasteiger partial charge in [-0.2, -0.15) is 5.10 Å². The fourth-order valence-electron chi connectivity index (χ4n) is 1.46. The Bertz CT molecular complexity index is 609. The van der Waals surface area contributed by atoms with Gasteiger partial charge in [0.25, 0.3) is 5.56 Å². The lowest BCUT2D eigenvalue weighted by molar-refractivity contribution is 0.977. The van der Waals surface area contributed by atoms with Crippen LogP contribution < -0.4 is 5.56 Å². The number of H-pyrrole nitrogens is 1. The lowest BCUT2D eigenvalue weighted by atomic mass is 10.2. The minimum atomic E-state index is -0.194. The highest BCUT2D eigenvalue weighted by Crippen LogP contribution is 2.19. The van der Waals surface area contributed by atoms with Gasteiger partial charge in [0.05, 0.1) is 5.69 Å². The first-order valence-corrected chi connectivity index (χ1v) is 6.84. The third kappa shape index (κ3) is 4.26. The summed E-state index contributed by atoms with van der Waals surface area (Å²) in [6.45, 7) is 3.70. The van der Waals surface area contributed by atoms with E-state index in [9.17, 15) is 4.79 Å². The normalized spacial score (nSPS) is 10.7. The maximum atomic E-state index is 10.9. The number of nitrogens with zero attached hydrogens (tertiary/aromatic N) is 1. The molecule has 0 spiro atoms. The van der Waals surface area contributed by atoms with E-state index in [4.69, 9.17) is 0 Å². The average Bonchev–Trinajstić information content (AvgIpc) is 2.46. The van der Waals surface area contributed by atoms with Crippen LogP contribution in [0.1, 0.15) is 11.3 Å². The molecule has 0 saturated heterocycles. The molecule has 3 nitrogen and oxygen atoms in total. The molecule has 0 bridgehead atoms. The highest BCUT2D eigenvalue weighted by molar-refractivity contribution is 7.99. The molecule has 0 amide bonds. The van der Waals surface area contributed by atoms with Crippen molar-refractivity contribution in [1.29, 1.82) is 0 Å². The molecule has 0 saturated carbocycles. The Morgan fingerprint density at radius 3 is 2.58 bits per heavy atom. The van der Waals surface area contributed by atoms with Crippen LogP contribution in [0.5, 0.6) is 0 Å². The zero-order chi connectivity index (χ0) is 13.5. The molecule has 1 aromatic heterocycles. The second-order valence-electron chi connectivity index (χ2n) is 3.85. The van der Waals surface area contributed by atoms with E-state index in [1.54, 1.807) is 17.8 Å². The summed E-state index contributed by atoms with van der Waals surface area (Å²) in [6, 6.07) is 11.4. The molecule has 2 aromatic rings. The largest absolute Gasteiger partial charge is 0.268 e. The molecular weight excluding hydrogens is 256 g/mol. The third-order valence-electron chi connectivity index (χ3n) is 2.40. The van der Waals surface area contributed by atoms with E-state index in [1.807, 2.05) is 30.4 Å². The molecule has 0 aliphatic rings. The van der Waals surface area contributed by atoms with Crippen molar-refractivity contribution >= 4 is 23.9 Å². The Kier molecular flexibility index (Phi) is 4.75. The molecule has 1 N–H and O–H groups in total. The molecular formula is C15H14N2OS. The average molecular weight is 270 g/mol. The highest BCUT2D eigenvalue weighted by atomic mass is 32.2. The summed E-state index contributed by atoms with van der Waals surface area (Å²) in [6.07, 6.45) is 5.71. The fraction of sp³-hybridized carbons (Fsp3) is 0.0667. The summed E-state index contributed by atoms with van der Waals surface area (Å²) in [7, 11) is 0. The van der Waals surface area contributed by atoms with E-state index in [-0.39, 0.29) is 5.56 Å². The van der Waals surface area contributed by atoms with Gasteiger partial charge in [0.15, 0.2) is 0 Å². The molecule has 96 valence electrons. The maximum Gasteiger partial charge on any atom is 0.264 e. The van der Waals surface area contributed by atoms with E-state index in [0.29, 0.717) is 0 Å². The number of nitrogens with one attached hydrogen (secondary N) is 1. The minimum absolute atomic E-state index is 0.194. The Morgan fingerprint density at radius 1 is 1.16 bits per heavy atom. The highest BCUT2D eigenvalue weighted by Gasteiger charge is 1.93. The van der Waals surface area contributed by atoms with E-state index in [0.717, 1.165) is 17.0 Å². The van der Waals surface area contributed by atoms with Gasteiger partial charge in [0.1, 0.15) is 0 Å². The summed E-state index contributed by atoms with van der Waals surface area (Å²) >= 11 is 1.75. The first kappa shape index (κ1) is 13.4. The van der Waals surface area contributed by atoms with Crippen LogP contribution in [0.2, 0.25) is 0 Å². The Hall–Kier alpha value is -2.07. The maximum absolute atomic E-state index is 10.9. The Morgan fingerprint density at radius 2 is 1.95 bits per heavy atom. The van der Waals surface area contributed by atoms with Gasteiger partial charge in [-0.3, -0.25) is 4.79 Å². The Balaban J connectivity index is 2.04. The van der Waals surface area contributed by atoms with Crippen molar-refractivity contribution < 1.29 is 0 Å². The molecule has 2 rings (SSSR count). The van der Waals surface area contributed by atoms with Crippen LogP contribution in [0, 0.1) is 0 Å². The van der Waals surface area contributed by atoms with Crippen LogP contribution in [0.25, 0.3) is 12.2 Å². The molecule has 0 fully saturated rings. The summed E-state index contributed by atoms with van der Waals surface area (Å²) in [5, 5.41) is 6.31. The second-order valence-corrected chi connectivity index (χ2v) is 4.94. The number of aromatic amines is 1. The van der Waals surface area contributed by atoms with Gasteiger partial charge in [-0.05, 0) is 29.8 Å². The van der Waals surface area contributed by atoms with Crippen molar-refractivity contribution in [3.63, 3.8) is 0 Å². The van der Waals surface area contributed by atoms with Crippen molar-refractivity contribution in [1.82, 2.24) is 10.2 Å². The van der Waals surface area contributed by atoms with Crippen LogP contribution >= 0.6 is 11.8 Å². The summed E-state index contributed by atoms with van der Waals surface area (Å²) in [5.41, 5.74) is 1.63. The molecule has 0 aliphatic heterocycles. The molecule has 1 heterocycles. The number of benzene rings is 1. The lowest BCUT2D eigenvalue weighted by Crippen LogP contribution is -2.05. The molecule has 0 aliphatic carbocycles. The number of rotatable bonds is 5. The van der Waals surface area contributed by atoms with Crippen LogP contribution in [-0.2, 0) is 0 Å². The van der Waals surface area contributed by atoms with E-state index in [2.05, 4.69) is 28.9 Å². The fourth-order valence-corrected chi connectivity index (χ4v) is 2.10. The zero-order valence-electron chi connectivity index (χ0n) is 10.4. The molecule has 0 atom stereocenters. The first-order chi connectivity index (χ1) is 9.28. The standard InChI is InChI=1S/C15H14N2OS/c1-2-11-19-14-8-4-12(5-9-14)3-6-13-7-10-15(18)17-16-13/h2-10H,1,11H2,(H,17,18). The molecule has 1 aromatic carbocycles.